The highest BCUT2D eigenvalue weighted by molar-refractivity contribution is 8.19. The summed E-state index contributed by atoms with van der Waals surface area (Å²) < 4.78 is 11.3. The zero-order valence-corrected chi connectivity index (χ0v) is 16.6. The highest BCUT2D eigenvalue weighted by atomic mass is 32.2. The molecule has 0 radical (unpaired) electrons. The molecule has 2 aromatic rings. The van der Waals surface area contributed by atoms with Crippen molar-refractivity contribution in [2.24, 2.45) is 0 Å². The van der Waals surface area contributed by atoms with Gasteiger partial charge in [0, 0.05) is 24.1 Å². The summed E-state index contributed by atoms with van der Waals surface area (Å²) in [5.41, 5.74) is 2.01. The van der Waals surface area contributed by atoms with Gasteiger partial charge in [-0.1, -0.05) is 12.1 Å². The number of amides is 1. The van der Waals surface area contributed by atoms with Crippen LogP contribution in [-0.2, 0) is 0 Å². The second-order valence-corrected chi connectivity index (χ2v) is 8.67. The Kier molecular flexibility index (Phi) is 6.74. The standard InChI is InChI=1S/C20H23NO3S2/c1-21(11-12-24-18-9-7-17(23-2)8-10-18)19(22)15-3-5-16(6-4-15)20-25-13-14-26-20/h3-10,20H,11-14H2,1-2H3. The van der Waals surface area contributed by atoms with E-state index in [9.17, 15) is 4.79 Å². The van der Waals surface area contributed by atoms with E-state index in [1.807, 2.05) is 59.9 Å². The van der Waals surface area contributed by atoms with Crippen molar-refractivity contribution in [2.45, 2.75) is 4.58 Å². The molecule has 0 aromatic heterocycles. The molecule has 1 fully saturated rings. The Bertz CT molecular complexity index is 713. The Hall–Kier alpha value is -1.79. The second kappa shape index (κ2) is 9.24. The first-order chi connectivity index (χ1) is 12.7. The van der Waals surface area contributed by atoms with Crippen LogP contribution in [0.4, 0.5) is 0 Å². The van der Waals surface area contributed by atoms with Crippen LogP contribution in [0.3, 0.4) is 0 Å². The molecular weight excluding hydrogens is 366 g/mol. The maximum absolute atomic E-state index is 12.5. The number of nitrogens with zero attached hydrogens (tertiary/aromatic N) is 1. The molecule has 1 aliphatic rings. The van der Waals surface area contributed by atoms with Gasteiger partial charge in [-0.05, 0) is 42.0 Å². The van der Waals surface area contributed by atoms with Crippen LogP contribution in [0.25, 0.3) is 0 Å². The van der Waals surface area contributed by atoms with Crippen LogP contribution in [0.2, 0.25) is 0 Å². The van der Waals surface area contributed by atoms with Crippen molar-refractivity contribution in [3.05, 3.63) is 59.7 Å². The first-order valence-electron chi connectivity index (χ1n) is 8.53. The number of rotatable bonds is 7. The molecule has 4 nitrogen and oxygen atoms in total. The van der Waals surface area contributed by atoms with Crippen LogP contribution in [-0.4, -0.2) is 49.6 Å². The SMILES string of the molecule is COc1ccc(OCCN(C)C(=O)c2ccc(C3SCCS3)cc2)cc1. The molecule has 0 N–H and O–H groups in total. The Morgan fingerprint density at radius 1 is 1.04 bits per heavy atom. The Morgan fingerprint density at radius 2 is 1.65 bits per heavy atom. The average Bonchev–Trinajstić information content (AvgIpc) is 3.23. The van der Waals surface area contributed by atoms with Crippen LogP contribution >= 0.6 is 23.5 Å². The first kappa shape index (κ1) is 19.0. The van der Waals surface area contributed by atoms with Crippen molar-refractivity contribution in [3.63, 3.8) is 0 Å². The number of carbonyl (C=O) groups is 1. The minimum absolute atomic E-state index is 0.0154. The van der Waals surface area contributed by atoms with Gasteiger partial charge in [-0.15, -0.1) is 23.5 Å². The normalized spacial score (nSPS) is 14.2. The molecule has 138 valence electrons. The third-order valence-electron chi connectivity index (χ3n) is 4.15. The summed E-state index contributed by atoms with van der Waals surface area (Å²) in [6.45, 7) is 0.975. The van der Waals surface area contributed by atoms with E-state index in [2.05, 4.69) is 12.1 Å². The highest BCUT2D eigenvalue weighted by Crippen LogP contribution is 2.45. The fraction of sp³-hybridized carbons (Fsp3) is 0.350. The van der Waals surface area contributed by atoms with E-state index >= 15 is 0 Å². The maximum atomic E-state index is 12.5. The third kappa shape index (κ3) is 4.89. The predicted octanol–water partition coefficient (Wildman–Crippen LogP) is 4.32. The molecule has 1 heterocycles. The summed E-state index contributed by atoms with van der Waals surface area (Å²) in [7, 11) is 3.44. The second-order valence-electron chi connectivity index (χ2n) is 5.95. The minimum atomic E-state index is 0.0154. The molecule has 0 atom stereocenters. The highest BCUT2D eigenvalue weighted by Gasteiger charge is 2.19. The van der Waals surface area contributed by atoms with E-state index < -0.39 is 0 Å². The maximum Gasteiger partial charge on any atom is 0.253 e. The van der Waals surface area contributed by atoms with Gasteiger partial charge in [-0.2, -0.15) is 0 Å². The van der Waals surface area contributed by atoms with Crippen molar-refractivity contribution in [2.75, 3.05) is 38.8 Å². The molecule has 6 heteroatoms. The van der Waals surface area contributed by atoms with Gasteiger partial charge in [0.2, 0.25) is 0 Å². The van der Waals surface area contributed by atoms with Gasteiger partial charge in [0.15, 0.2) is 0 Å². The Labute approximate surface area is 163 Å². The van der Waals surface area contributed by atoms with Gasteiger partial charge in [-0.3, -0.25) is 4.79 Å². The molecule has 0 saturated carbocycles. The van der Waals surface area contributed by atoms with E-state index in [0.717, 1.165) is 11.5 Å². The third-order valence-corrected chi connectivity index (χ3v) is 7.26. The molecular formula is C20H23NO3S2. The monoisotopic (exact) mass is 389 g/mol. The number of likely N-dealkylation sites (N-methyl/N-ethyl adjacent to an activating group) is 1. The van der Waals surface area contributed by atoms with Gasteiger partial charge in [0.1, 0.15) is 18.1 Å². The zero-order chi connectivity index (χ0) is 18.4. The summed E-state index contributed by atoms with van der Waals surface area (Å²) >= 11 is 3.94. The summed E-state index contributed by atoms with van der Waals surface area (Å²) in [5, 5.41) is 0. The predicted molar refractivity (Wildman–Crippen MR) is 110 cm³/mol. The molecule has 1 amide bonds. The molecule has 2 aromatic carbocycles. The van der Waals surface area contributed by atoms with E-state index in [0.29, 0.717) is 23.3 Å². The Morgan fingerprint density at radius 3 is 2.27 bits per heavy atom. The van der Waals surface area contributed by atoms with Crippen molar-refractivity contribution in [1.82, 2.24) is 4.90 Å². The summed E-state index contributed by atoms with van der Waals surface area (Å²) in [6.07, 6.45) is 0. The molecule has 1 aliphatic heterocycles. The number of benzene rings is 2. The number of methoxy groups -OCH3 is 1. The van der Waals surface area contributed by atoms with Crippen LogP contribution in [0.5, 0.6) is 11.5 Å². The average molecular weight is 390 g/mol. The quantitative estimate of drug-likeness (QED) is 0.705. The van der Waals surface area contributed by atoms with Crippen LogP contribution in [0.15, 0.2) is 48.5 Å². The lowest BCUT2D eigenvalue weighted by Crippen LogP contribution is -2.30. The smallest absolute Gasteiger partial charge is 0.253 e. The van der Waals surface area contributed by atoms with E-state index in [1.165, 1.54) is 17.1 Å². The lowest BCUT2D eigenvalue weighted by molar-refractivity contribution is 0.0774. The van der Waals surface area contributed by atoms with Gasteiger partial charge in [-0.25, -0.2) is 0 Å². The number of hydrogen-bond donors (Lipinski definition) is 0. The fourth-order valence-corrected chi connectivity index (χ4v) is 5.49. The fourth-order valence-electron chi connectivity index (χ4n) is 2.63. The zero-order valence-electron chi connectivity index (χ0n) is 15.0. The molecule has 26 heavy (non-hydrogen) atoms. The molecule has 3 rings (SSSR count). The van der Waals surface area contributed by atoms with Crippen LogP contribution < -0.4 is 9.47 Å². The van der Waals surface area contributed by atoms with Crippen LogP contribution in [0.1, 0.15) is 20.5 Å². The Balaban J connectivity index is 1.48. The summed E-state index contributed by atoms with van der Waals surface area (Å²) in [6, 6.07) is 15.4. The van der Waals surface area contributed by atoms with Crippen molar-refractivity contribution < 1.29 is 14.3 Å². The number of ether oxygens (including phenoxy) is 2. The molecule has 1 saturated heterocycles. The summed E-state index contributed by atoms with van der Waals surface area (Å²) in [4.78, 5) is 14.2. The molecule has 0 unspecified atom stereocenters. The largest absolute Gasteiger partial charge is 0.497 e. The van der Waals surface area contributed by atoms with Gasteiger partial charge in [0.25, 0.3) is 5.91 Å². The van der Waals surface area contributed by atoms with Gasteiger partial charge in [0.05, 0.1) is 18.2 Å². The lowest BCUT2D eigenvalue weighted by atomic mass is 10.1. The molecule has 0 spiro atoms. The van der Waals surface area contributed by atoms with Crippen molar-refractivity contribution in [3.8, 4) is 11.5 Å². The van der Waals surface area contributed by atoms with Gasteiger partial charge < -0.3 is 14.4 Å². The topological polar surface area (TPSA) is 38.8 Å². The van der Waals surface area contributed by atoms with Crippen molar-refractivity contribution in [1.29, 1.82) is 0 Å². The van der Waals surface area contributed by atoms with E-state index in [4.69, 9.17) is 9.47 Å². The van der Waals surface area contributed by atoms with Gasteiger partial charge >= 0.3 is 0 Å². The number of hydrogen-bond acceptors (Lipinski definition) is 5. The molecule has 0 bridgehead atoms. The summed E-state index contributed by atoms with van der Waals surface area (Å²) in [5.74, 6) is 3.98. The number of carbonyl (C=O) groups excluding carboxylic acids is 1. The number of thioether (sulfide) groups is 2. The van der Waals surface area contributed by atoms with E-state index in [1.54, 1.807) is 19.1 Å². The first-order valence-corrected chi connectivity index (χ1v) is 10.6. The minimum Gasteiger partial charge on any atom is -0.497 e. The lowest BCUT2D eigenvalue weighted by Gasteiger charge is -2.18. The van der Waals surface area contributed by atoms with Crippen LogP contribution in [0, 0.1) is 0 Å². The van der Waals surface area contributed by atoms with E-state index in [-0.39, 0.29) is 5.91 Å². The molecule has 0 aliphatic carbocycles. The van der Waals surface area contributed by atoms with Crippen molar-refractivity contribution >= 4 is 29.4 Å².